The van der Waals surface area contributed by atoms with Gasteiger partial charge in [0.2, 0.25) is 0 Å². The lowest BCUT2D eigenvalue weighted by Gasteiger charge is -2.11. The lowest BCUT2D eigenvalue weighted by molar-refractivity contribution is -0.112. The van der Waals surface area contributed by atoms with Crippen LogP contribution in [0.15, 0.2) is 84.6 Å². The Bertz CT molecular complexity index is 1420. The van der Waals surface area contributed by atoms with E-state index >= 15 is 0 Å². The Labute approximate surface area is 214 Å². The van der Waals surface area contributed by atoms with Crippen LogP contribution in [0.1, 0.15) is 27.1 Å². The fraction of sp³-hybridized carbons (Fsp3) is 0.138. The van der Waals surface area contributed by atoms with Gasteiger partial charge in [0, 0.05) is 17.5 Å². The van der Waals surface area contributed by atoms with E-state index in [9.17, 15) is 10.1 Å². The zero-order valence-electron chi connectivity index (χ0n) is 20.0. The van der Waals surface area contributed by atoms with Gasteiger partial charge in [0.1, 0.15) is 18.2 Å². The molecule has 6 nitrogen and oxygen atoms in total. The van der Waals surface area contributed by atoms with Crippen LogP contribution in [0.5, 0.6) is 11.5 Å². The Morgan fingerprint density at radius 2 is 1.86 bits per heavy atom. The summed E-state index contributed by atoms with van der Waals surface area (Å²) >= 11 is 1.39. The van der Waals surface area contributed by atoms with Gasteiger partial charge in [-0.3, -0.25) is 10.1 Å². The first-order valence-electron chi connectivity index (χ1n) is 11.3. The number of amides is 1. The Morgan fingerprint density at radius 3 is 2.61 bits per heavy atom. The molecule has 0 aliphatic heterocycles. The standard InChI is InChI=1S/C29H25N3O3S/c1-20-7-6-10-22(13-20)15-25-18-31-29(36-25)32-28(33)24(17-30)14-23-11-12-26(27(16-23)34-2)35-19-21-8-4-3-5-9-21/h3-14,16,18H,15,19H2,1-2H3,(H,31,32,33)/b24-14+. The van der Waals surface area contributed by atoms with E-state index in [1.807, 2.05) is 42.5 Å². The van der Waals surface area contributed by atoms with Crippen molar-refractivity contribution in [2.24, 2.45) is 0 Å². The van der Waals surface area contributed by atoms with Crippen molar-refractivity contribution in [3.05, 3.63) is 112 Å². The average molecular weight is 496 g/mol. The lowest BCUT2D eigenvalue weighted by atomic mass is 10.1. The first kappa shape index (κ1) is 24.7. The first-order chi connectivity index (χ1) is 17.5. The van der Waals surface area contributed by atoms with Crippen LogP contribution in [0.3, 0.4) is 0 Å². The molecular weight excluding hydrogens is 470 g/mol. The molecule has 0 saturated carbocycles. The molecule has 4 rings (SSSR count). The molecule has 1 N–H and O–H groups in total. The number of ether oxygens (including phenoxy) is 2. The van der Waals surface area contributed by atoms with Crippen LogP contribution in [0.4, 0.5) is 5.13 Å². The Morgan fingerprint density at radius 1 is 1.06 bits per heavy atom. The first-order valence-corrected chi connectivity index (χ1v) is 12.1. The summed E-state index contributed by atoms with van der Waals surface area (Å²) in [5, 5.41) is 12.8. The largest absolute Gasteiger partial charge is 0.493 e. The van der Waals surface area contributed by atoms with Gasteiger partial charge in [-0.2, -0.15) is 5.26 Å². The van der Waals surface area contributed by atoms with Gasteiger partial charge in [0.15, 0.2) is 16.6 Å². The molecule has 0 radical (unpaired) electrons. The third-order valence-electron chi connectivity index (χ3n) is 5.34. The number of hydrogen-bond donors (Lipinski definition) is 1. The fourth-order valence-corrected chi connectivity index (χ4v) is 4.42. The van der Waals surface area contributed by atoms with E-state index < -0.39 is 5.91 Å². The van der Waals surface area contributed by atoms with Crippen molar-refractivity contribution in [2.45, 2.75) is 20.0 Å². The number of thiazole rings is 1. The summed E-state index contributed by atoms with van der Waals surface area (Å²) in [5.74, 6) is 0.570. The number of aromatic nitrogens is 1. The summed E-state index contributed by atoms with van der Waals surface area (Å²) in [6.45, 7) is 2.45. The third-order valence-corrected chi connectivity index (χ3v) is 6.25. The van der Waals surface area contributed by atoms with Crippen molar-refractivity contribution >= 4 is 28.5 Å². The number of benzene rings is 3. The van der Waals surface area contributed by atoms with Crippen molar-refractivity contribution in [3.8, 4) is 17.6 Å². The second kappa shape index (κ2) is 11.8. The van der Waals surface area contributed by atoms with Crippen LogP contribution in [0.25, 0.3) is 6.08 Å². The van der Waals surface area contributed by atoms with Gasteiger partial charge in [-0.25, -0.2) is 4.98 Å². The highest BCUT2D eigenvalue weighted by Gasteiger charge is 2.13. The number of nitrogens with zero attached hydrogens (tertiary/aromatic N) is 2. The molecule has 4 aromatic rings. The minimum absolute atomic E-state index is 0.0366. The topological polar surface area (TPSA) is 84.2 Å². The summed E-state index contributed by atoms with van der Waals surface area (Å²) in [5.41, 5.74) is 4.02. The predicted molar refractivity (Wildman–Crippen MR) is 142 cm³/mol. The van der Waals surface area contributed by atoms with Crippen molar-refractivity contribution in [1.29, 1.82) is 5.26 Å². The van der Waals surface area contributed by atoms with Crippen LogP contribution < -0.4 is 14.8 Å². The zero-order chi connectivity index (χ0) is 25.3. The van der Waals surface area contributed by atoms with Gasteiger partial charge >= 0.3 is 0 Å². The van der Waals surface area contributed by atoms with Crippen molar-refractivity contribution in [3.63, 3.8) is 0 Å². The van der Waals surface area contributed by atoms with Crippen LogP contribution in [-0.2, 0) is 17.8 Å². The summed E-state index contributed by atoms with van der Waals surface area (Å²) in [6, 6.07) is 25.3. The minimum Gasteiger partial charge on any atom is -0.493 e. The van der Waals surface area contributed by atoms with E-state index in [0.717, 1.165) is 16.9 Å². The van der Waals surface area contributed by atoms with E-state index in [1.54, 1.807) is 31.5 Å². The number of methoxy groups -OCH3 is 1. The van der Waals surface area contributed by atoms with Gasteiger partial charge in [-0.15, -0.1) is 11.3 Å². The number of rotatable bonds is 9. The van der Waals surface area contributed by atoms with Gasteiger partial charge in [0.05, 0.1) is 7.11 Å². The average Bonchev–Trinajstić information content (AvgIpc) is 3.33. The highest BCUT2D eigenvalue weighted by atomic mass is 32.1. The Hall–Kier alpha value is -4.41. The number of carbonyl (C=O) groups is 1. The molecule has 0 unspecified atom stereocenters. The van der Waals surface area contributed by atoms with Crippen LogP contribution >= 0.6 is 11.3 Å². The van der Waals surface area contributed by atoms with Gasteiger partial charge < -0.3 is 9.47 Å². The van der Waals surface area contributed by atoms with Crippen LogP contribution in [-0.4, -0.2) is 18.0 Å². The molecule has 0 fully saturated rings. The minimum atomic E-state index is -0.516. The number of anilines is 1. The van der Waals surface area contributed by atoms with Gasteiger partial charge in [0.25, 0.3) is 5.91 Å². The van der Waals surface area contributed by atoms with E-state index in [1.165, 1.54) is 28.5 Å². The monoisotopic (exact) mass is 495 g/mol. The fourth-order valence-electron chi connectivity index (χ4n) is 3.58. The molecule has 0 bridgehead atoms. The maximum atomic E-state index is 12.7. The number of nitrogens with one attached hydrogen (secondary N) is 1. The molecule has 7 heteroatoms. The smallest absolute Gasteiger partial charge is 0.268 e. The highest BCUT2D eigenvalue weighted by Crippen LogP contribution is 2.30. The molecule has 1 amide bonds. The van der Waals surface area contributed by atoms with Crippen LogP contribution in [0, 0.1) is 18.3 Å². The molecule has 0 aliphatic carbocycles. The quantitative estimate of drug-likeness (QED) is 0.222. The molecule has 0 spiro atoms. The van der Waals surface area contributed by atoms with E-state index in [2.05, 4.69) is 35.4 Å². The third kappa shape index (κ3) is 6.59. The van der Waals surface area contributed by atoms with Crippen LogP contribution in [0.2, 0.25) is 0 Å². The van der Waals surface area contributed by atoms with E-state index in [0.29, 0.717) is 28.8 Å². The number of hydrogen-bond acceptors (Lipinski definition) is 6. The lowest BCUT2D eigenvalue weighted by Crippen LogP contribution is -2.13. The molecule has 36 heavy (non-hydrogen) atoms. The summed E-state index contributed by atoms with van der Waals surface area (Å²) < 4.78 is 11.3. The van der Waals surface area contributed by atoms with E-state index in [-0.39, 0.29) is 5.57 Å². The van der Waals surface area contributed by atoms with Crippen molar-refractivity contribution < 1.29 is 14.3 Å². The molecule has 0 atom stereocenters. The molecule has 1 heterocycles. The normalized spacial score (nSPS) is 11.0. The second-order valence-electron chi connectivity index (χ2n) is 8.11. The zero-order valence-corrected chi connectivity index (χ0v) is 20.8. The summed E-state index contributed by atoms with van der Waals surface area (Å²) in [7, 11) is 1.55. The van der Waals surface area contributed by atoms with Crippen molar-refractivity contribution in [1.82, 2.24) is 4.98 Å². The number of nitriles is 1. The van der Waals surface area contributed by atoms with E-state index in [4.69, 9.17) is 9.47 Å². The molecule has 180 valence electrons. The summed E-state index contributed by atoms with van der Waals surface area (Å²) in [6.07, 6.45) is 3.99. The maximum absolute atomic E-state index is 12.7. The number of carbonyl (C=O) groups excluding carboxylic acids is 1. The van der Waals surface area contributed by atoms with Gasteiger partial charge in [-0.05, 0) is 41.8 Å². The van der Waals surface area contributed by atoms with Gasteiger partial charge in [-0.1, -0.05) is 66.2 Å². The molecule has 3 aromatic carbocycles. The SMILES string of the molecule is COc1cc(/C=C(\C#N)C(=O)Nc2ncc(Cc3cccc(C)c3)s2)ccc1OCc1ccccc1. The molecular formula is C29H25N3O3S. The molecule has 0 aliphatic rings. The predicted octanol–water partition coefficient (Wildman–Crippen LogP) is 6.18. The highest BCUT2D eigenvalue weighted by molar-refractivity contribution is 7.15. The Kier molecular flexibility index (Phi) is 8.12. The number of aryl methyl sites for hydroxylation is 1. The second-order valence-corrected chi connectivity index (χ2v) is 9.22. The summed E-state index contributed by atoms with van der Waals surface area (Å²) in [4.78, 5) is 18.1. The molecule has 0 saturated heterocycles. The van der Waals surface area contributed by atoms with Crippen molar-refractivity contribution in [2.75, 3.05) is 12.4 Å². The Balaban J connectivity index is 1.42. The maximum Gasteiger partial charge on any atom is 0.268 e. The molecule has 1 aromatic heterocycles.